The van der Waals surface area contributed by atoms with Gasteiger partial charge in [0.2, 0.25) is 0 Å². The van der Waals surface area contributed by atoms with E-state index < -0.39 is 0 Å². The summed E-state index contributed by atoms with van der Waals surface area (Å²) >= 11 is 0. The smallest absolute Gasteiger partial charge is 0.128 e. The molecule has 1 saturated carbocycles. The second-order valence-electron chi connectivity index (χ2n) is 6.00. The lowest BCUT2D eigenvalue weighted by molar-refractivity contribution is 0.0253. The lowest BCUT2D eigenvalue weighted by Crippen LogP contribution is -2.49. The number of anilines is 1. The van der Waals surface area contributed by atoms with Crippen LogP contribution in [0.15, 0.2) is 18.3 Å². The van der Waals surface area contributed by atoms with Gasteiger partial charge in [-0.3, -0.25) is 0 Å². The minimum atomic E-state index is 0.241. The molecular weight excluding hydrogens is 250 g/mol. The molecule has 0 aromatic carbocycles. The van der Waals surface area contributed by atoms with Crippen molar-refractivity contribution in [3.8, 4) is 0 Å². The SMILES string of the molecule is CCC(N)Cc1ccc(N2CCOC3CCCC32)nc1. The summed E-state index contributed by atoms with van der Waals surface area (Å²) in [5, 5.41) is 0. The summed E-state index contributed by atoms with van der Waals surface area (Å²) in [4.78, 5) is 7.10. The molecule has 0 spiro atoms. The number of hydrogen-bond acceptors (Lipinski definition) is 4. The largest absolute Gasteiger partial charge is 0.374 e. The predicted octanol–water partition coefficient (Wildman–Crippen LogP) is 2.12. The molecule has 1 saturated heterocycles. The first-order chi connectivity index (χ1) is 9.78. The molecule has 0 radical (unpaired) electrons. The summed E-state index contributed by atoms with van der Waals surface area (Å²) < 4.78 is 5.86. The number of nitrogens with two attached hydrogens (primary N) is 1. The number of morpholine rings is 1. The van der Waals surface area contributed by atoms with Gasteiger partial charge in [0.25, 0.3) is 0 Å². The van der Waals surface area contributed by atoms with E-state index >= 15 is 0 Å². The van der Waals surface area contributed by atoms with Crippen LogP contribution in [0.5, 0.6) is 0 Å². The van der Waals surface area contributed by atoms with Crippen LogP contribution in [-0.2, 0) is 11.2 Å². The van der Waals surface area contributed by atoms with Gasteiger partial charge in [-0.1, -0.05) is 13.0 Å². The van der Waals surface area contributed by atoms with Gasteiger partial charge in [0.1, 0.15) is 5.82 Å². The van der Waals surface area contributed by atoms with Crippen molar-refractivity contribution < 1.29 is 4.74 Å². The number of ether oxygens (including phenoxy) is 1. The Labute approximate surface area is 121 Å². The zero-order valence-corrected chi connectivity index (χ0v) is 12.3. The van der Waals surface area contributed by atoms with Gasteiger partial charge in [0.15, 0.2) is 0 Å². The summed E-state index contributed by atoms with van der Waals surface area (Å²) in [7, 11) is 0. The maximum atomic E-state index is 6.00. The Morgan fingerprint density at radius 1 is 1.45 bits per heavy atom. The van der Waals surface area contributed by atoms with Crippen LogP contribution in [-0.4, -0.2) is 36.3 Å². The van der Waals surface area contributed by atoms with Crippen molar-refractivity contribution in [2.24, 2.45) is 5.73 Å². The van der Waals surface area contributed by atoms with Gasteiger partial charge >= 0.3 is 0 Å². The molecule has 1 aromatic rings. The molecule has 110 valence electrons. The van der Waals surface area contributed by atoms with Crippen LogP contribution < -0.4 is 10.6 Å². The molecule has 2 fully saturated rings. The number of aromatic nitrogens is 1. The monoisotopic (exact) mass is 275 g/mol. The topological polar surface area (TPSA) is 51.4 Å². The molecule has 2 aliphatic rings. The van der Waals surface area contributed by atoms with E-state index in [1.165, 1.54) is 24.8 Å². The second kappa shape index (κ2) is 6.10. The molecule has 4 heteroatoms. The van der Waals surface area contributed by atoms with E-state index in [4.69, 9.17) is 10.5 Å². The molecule has 3 rings (SSSR count). The Morgan fingerprint density at radius 2 is 2.35 bits per heavy atom. The Kier molecular flexibility index (Phi) is 4.22. The van der Waals surface area contributed by atoms with Crippen LogP contribution in [0.2, 0.25) is 0 Å². The van der Waals surface area contributed by atoms with Crippen LogP contribution in [0.1, 0.15) is 38.2 Å². The van der Waals surface area contributed by atoms with Crippen molar-refractivity contribution >= 4 is 5.82 Å². The van der Waals surface area contributed by atoms with Crippen LogP contribution in [0, 0.1) is 0 Å². The first-order valence-corrected chi connectivity index (χ1v) is 7.86. The molecule has 0 bridgehead atoms. The molecule has 2 heterocycles. The first-order valence-electron chi connectivity index (χ1n) is 7.86. The molecule has 2 N–H and O–H groups in total. The van der Waals surface area contributed by atoms with E-state index in [1.54, 1.807) is 0 Å². The predicted molar refractivity (Wildman–Crippen MR) is 80.9 cm³/mol. The van der Waals surface area contributed by atoms with E-state index in [0.29, 0.717) is 12.1 Å². The Balaban J connectivity index is 1.70. The van der Waals surface area contributed by atoms with Crippen LogP contribution >= 0.6 is 0 Å². The quantitative estimate of drug-likeness (QED) is 0.914. The molecule has 3 atom stereocenters. The average molecular weight is 275 g/mol. The molecule has 1 aliphatic carbocycles. The highest BCUT2D eigenvalue weighted by atomic mass is 16.5. The maximum Gasteiger partial charge on any atom is 0.128 e. The highest BCUT2D eigenvalue weighted by Crippen LogP contribution is 2.32. The highest BCUT2D eigenvalue weighted by Gasteiger charge is 2.36. The molecular formula is C16H25N3O. The van der Waals surface area contributed by atoms with Crippen LogP contribution in [0.4, 0.5) is 5.82 Å². The van der Waals surface area contributed by atoms with Crippen molar-refractivity contribution in [3.63, 3.8) is 0 Å². The van der Waals surface area contributed by atoms with Crippen LogP contribution in [0.25, 0.3) is 0 Å². The summed E-state index contributed by atoms with van der Waals surface area (Å²) in [6.07, 6.45) is 8.03. The number of pyridine rings is 1. The average Bonchev–Trinajstić information content (AvgIpc) is 2.96. The van der Waals surface area contributed by atoms with E-state index in [0.717, 1.165) is 31.8 Å². The molecule has 1 aliphatic heterocycles. The van der Waals surface area contributed by atoms with Crippen molar-refractivity contribution in [3.05, 3.63) is 23.9 Å². The first kappa shape index (κ1) is 13.8. The van der Waals surface area contributed by atoms with Crippen molar-refractivity contribution in [1.29, 1.82) is 0 Å². The van der Waals surface area contributed by atoms with E-state index in [1.807, 2.05) is 6.20 Å². The third-order valence-electron chi connectivity index (χ3n) is 4.61. The summed E-state index contributed by atoms with van der Waals surface area (Å²) in [6, 6.07) is 5.10. The molecule has 3 unspecified atom stereocenters. The summed E-state index contributed by atoms with van der Waals surface area (Å²) in [5.74, 6) is 1.10. The number of rotatable bonds is 4. The lowest BCUT2D eigenvalue weighted by atomic mass is 10.1. The third-order valence-corrected chi connectivity index (χ3v) is 4.61. The van der Waals surface area contributed by atoms with Gasteiger partial charge in [-0.05, 0) is 43.7 Å². The normalized spacial score (nSPS) is 27.4. The Bertz CT molecular complexity index is 434. The minimum absolute atomic E-state index is 0.241. The number of nitrogens with zero attached hydrogens (tertiary/aromatic N) is 2. The minimum Gasteiger partial charge on any atom is -0.374 e. The fourth-order valence-electron chi connectivity index (χ4n) is 3.36. The Hall–Kier alpha value is -1.13. The van der Waals surface area contributed by atoms with Gasteiger partial charge in [-0.25, -0.2) is 4.98 Å². The fourth-order valence-corrected chi connectivity index (χ4v) is 3.36. The van der Waals surface area contributed by atoms with Crippen molar-refractivity contribution in [2.45, 2.75) is 57.2 Å². The van der Waals surface area contributed by atoms with E-state index in [-0.39, 0.29) is 6.04 Å². The van der Waals surface area contributed by atoms with Gasteiger partial charge in [0.05, 0.1) is 18.8 Å². The number of hydrogen-bond donors (Lipinski definition) is 1. The maximum absolute atomic E-state index is 6.00. The molecule has 4 nitrogen and oxygen atoms in total. The zero-order chi connectivity index (χ0) is 13.9. The second-order valence-corrected chi connectivity index (χ2v) is 6.00. The molecule has 0 amide bonds. The van der Waals surface area contributed by atoms with Gasteiger partial charge in [-0.15, -0.1) is 0 Å². The van der Waals surface area contributed by atoms with E-state index in [9.17, 15) is 0 Å². The molecule has 20 heavy (non-hydrogen) atoms. The highest BCUT2D eigenvalue weighted by molar-refractivity contribution is 5.42. The van der Waals surface area contributed by atoms with Crippen molar-refractivity contribution in [1.82, 2.24) is 4.98 Å². The van der Waals surface area contributed by atoms with Crippen LogP contribution in [0.3, 0.4) is 0 Å². The van der Waals surface area contributed by atoms with Gasteiger partial charge in [-0.2, -0.15) is 0 Å². The summed E-state index contributed by atoms with van der Waals surface area (Å²) in [6.45, 7) is 3.91. The zero-order valence-electron chi connectivity index (χ0n) is 12.3. The van der Waals surface area contributed by atoms with Crippen molar-refractivity contribution in [2.75, 3.05) is 18.1 Å². The van der Waals surface area contributed by atoms with Gasteiger partial charge in [0, 0.05) is 18.8 Å². The molecule has 1 aromatic heterocycles. The summed E-state index contributed by atoms with van der Waals surface area (Å²) in [5.41, 5.74) is 7.24. The Morgan fingerprint density at radius 3 is 3.10 bits per heavy atom. The van der Waals surface area contributed by atoms with E-state index in [2.05, 4.69) is 28.9 Å². The third kappa shape index (κ3) is 2.81. The number of fused-ring (bicyclic) bond motifs is 1. The fraction of sp³-hybridized carbons (Fsp3) is 0.688. The lowest BCUT2D eigenvalue weighted by Gasteiger charge is -2.38. The van der Waals surface area contributed by atoms with Gasteiger partial charge < -0.3 is 15.4 Å². The standard InChI is InChI=1S/C16H25N3O/c1-2-13(17)10-12-6-7-16(18-11-12)19-8-9-20-15-5-3-4-14(15)19/h6-7,11,13-15H,2-5,8-10,17H2,1H3.